The SMILES string of the molecule is C[Si](C)=[Zr+2].C[Si](C)=[Zr+2].Cc1[cH-]c2c(C)ccc(C(C)(C)C)c2c1C.Cc1[cH-]c2c(C)ccc(C(C)(C)C)c2c1C.Cc1[cH-]c2c(C)ccc(C(C)(C)C)c2c1C.Cc1[cH-]c2c(C)ccc(C(C)(C)C)c2c1C.[Cl-].[Cl-]. The van der Waals surface area contributed by atoms with Crippen molar-refractivity contribution in [2.75, 3.05) is 0 Å². The van der Waals surface area contributed by atoms with Crippen molar-refractivity contribution in [1.82, 2.24) is 0 Å². The molecule has 8 rings (SSSR count). The van der Waals surface area contributed by atoms with Gasteiger partial charge in [-0.1, -0.05) is 213 Å². The Morgan fingerprint density at radius 3 is 0.554 bits per heavy atom. The van der Waals surface area contributed by atoms with E-state index < -0.39 is 0 Å². The summed E-state index contributed by atoms with van der Waals surface area (Å²) in [5, 5.41) is 11.6. The molecule has 8 aromatic rings. The normalized spacial score (nSPS) is 11.5. The summed E-state index contributed by atoms with van der Waals surface area (Å²) >= 11 is 3.48. The zero-order valence-electron chi connectivity index (χ0n) is 51.7. The fraction of sp³-hybridized carbons (Fsp3) is 0.471. The quantitative estimate of drug-likeness (QED) is 0.105. The molecular formula is C68H96Cl2Si2Zr2-2. The molecule has 0 bridgehead atoms. The molecule has 0 spiro atoms. The first-order valence-electron chi connectivity index (χ1n) is 26.5. The monoisotopic (exact) mass is 1220 g/mol. The van der Waals surface area contributed by atoms with Crippen LogP contribution in [0.25, 0.3) is 43.1 Å². The summed E-state index contributed by atoms with van der Waals surface area (Å²) in [6.45, 7) is 63.3. The van der Waals surface area contributed by atoms with Crippen LogP contribution in [0.1, 0.15) is 172 Å². The van der Waals surface area contributed by atoms with Crippen LogP contribution in [0.5, 0.6) is 0 Å². The minimum atomic E-state index is 0. The first kappa shape index (κ1) is 70.1. The Hall–Kier alpha value is -1.90. The van der Waals surface area contributed by atoms with E-state index in [4.69, 9.17) is 0 Å². The predicted molar refractivity (Wildman–Crippen MR) is 325 cm³/mol. The maximum Gasteiger partial charge on any atom is -0.0220 e. The van der Waals surface area contributed by atoms with Gasteiger partial charge in [0.25, 0.3) is 0 Å². The Morgan fingerprint density at radius 1 is 0.297 bits per heavy atom. The second-order valence-electron chi connectivity index (χ2n) is 25.7. The van der Waals surface area contributed by atoms with Gasteiger partial charge in [0.05, 0.1) is 0 Å². The predicted octanol–water partition coefficient (Wildman–Crippen LogP) is 14.7. The molecule has 0 heterocycles. The van der Waals surface area contributed by atoms with Gasteiger partial charge in [-0.2, -0.15) is 22.3 Å². The molecule has 0 fully saturated rings. The molecule has 0 saturated heterocycles. The Morgan fingerprint density at radius 2 is 0.432 bits per heavy atom. The summed E-state index contributed by atoms with van der Waals surface area (Å²) in [6, 6.07) is 27.5. The number of halogens is 2. The van der Waals surface area contributed by atoms with E-state index in [9.17, 15) is 0 Å². The van der Waals surface area contributed by atoms with E-state index in [0.29, 0.717) is 0 Å². The Bertz CT molecular complexity index is 2770. The fourth-order valence-corrected chi connectivity index (χ4v) is 9.84. The third-order valence-electron chi connectivity index (χ3n) is 14.4. The van der Waals surface area contributed by atoms with Crippen molar-refractivity contribution in [3.05, 3.63) is 162 Å². The van der Waals surface area contributed by atoms with E-state index >= 15 is 0 Å². The van der Waals surface area contributed by atoms with Crippen LogP contribution in [0.3, 0.4) is 0 Å². The zero-order valence-corrected chi connectivity index (χ0v) is 60.1. The van der Waals surface area contributed by atoms with Gasteiger partial charge in [-0.15, -0.1) is 136 Å². The number of aryl methyl sites for hydroxylation is 12. The average Bonchev–Trinajstić information content (AvgIpc) is 3.91. The molecule has 0 aliphatic rings. The number of fused-ring (bicyclic) bond motifs is 4. The van der Waals surface area contributed by atoms with Crippen molar-refractivity contribution in [2.24, 2.45) is 0 Å². The third kappa shape index (κ3) is 17.6. The number of rotatable bonds is 0. The van der Waals surface area contributed by atoms with Crippen molar-refractivity contribution < 1.29 is 71.5 Å². The second-order valence-corrected chi connectivity index (χ2v) is 44.4. The van der Waals surface area contributed by atoms with Crippen molar-refractivity contribution >= 4 is 54.0 Å². The summed E-state index contributed by atoms with van der Waals surface area (Å²) in [7, 11) is 0. The third-order valence-corrected chi connectivity index (χ3v) is 14.4. The van der Waals surface area contributed by atoms with Gasteiger partial charge in [0.2, 0.25) is 0 Å². The van der Waals surface area contributed by atoms with Gasteiger partial charge in [0.15, 0.2) is 0 Å². The Labute approximate surface area is 496 Å². The van der Waals surface area contributed by atoms with Crippen molar-refractivity contribution in [3.8, 4) is 0 Å². The molecule has 0 nitrogen and oxygen atoms in total. The molecule has 0 aromatic heterocycles. The topological polar surface area (TPSA) is 0 Å². The molecule has 0 saturated carbocycles. The molecule has 0 unspecified atom stereocenters. The molecule has 400 valence electrons. The van der Waals surface area contributed by atoms with E-state index in [1.54, 1.807) is 46.7 Å². The molecule has 0 radical (unpaired) electrons. The molecule has 0 N–H and O–H groups in total. The molecule has 0 amide bonds. The minimum Gasteiger partial charge on any atom is -1.00 e. The molecule has 0 aliphatic heterocycles. The summed E-state index contributed by atoms with van der Waals surface area (Å²) < 4.78 is 0. The average molecular weight is 1220 g/mol. The Kier molecular flexibility index (Phi) is 26.3. The van der Waals surface area contributed by atoms with Crippen LogP contribution in [-0.4, -0.2) is 10.9 Å². The van der Waals surface area contributed by atoms with Gasteiger partial charge in [-0.25, -0.2) is 0 Å². The molecule has 6 heteroatoms. The van der Waals surface area contributed by atoms with Gasteiger partial charge in [-0.05, 0) is 21.7 Å². The standard InChI is InChI=1S/4C16H21.2C2H6Si.2ClH.2Zr/c4*1-10-7-8-14(16(4,5)6)15-12(3)11(2)9-13(10)15;2*1-3-2;;;;/h4*7-9H,1-6H3;2*1-2H3;2*1H;;/q4*-1;;;;;2*+2/p-2. The molecule has 0 atom stereocenters. The summed E-state index contributed by atoms with van der Waals surface area (Å²) in [5.74, 6) is 0. The summed E-state index contributed by atoms with van der Waals surface area (Å²) in [4.78, 5) is 0. The van der Waals surface area contributed by atoms with E-state index in [0.717, 1.165) is 0 Å². The van der Waals surface area contributed by atoms with Crippen molar-refractivity contribution in [3.63, 3.8) is 0 Å². The van der Waals surface area contributed by atoms with Crippen LogP contribution in [0.15, 0.2) is 72.8 Å². The van der Waals surface area contributed by atoms with Gasteiger partial charge in [0.1, 0.15) is 0 Å². The smallest absolute Gasteiger partial charge is 0.0220 e. The molecule has 0 aliphatic carbocycles. The zero-order chi connectivity index (χ0) is 55.5. The summed E-state index contributed by atoms with van der Waals surface area (Å²) in [5.41, 5.74) is 24.2. The van der Waals surface area contributed by atoms with Crippen molar-refractivity contribution in [2.45, 2.75) is 214 Å². The first-order valence-corrected chi connectivity index (χ1v) is 38.8. The molecule has 8 aromatic carbocycles. The van der Waals surface area contributed by atoms with Crippen LogP contribution in [0.4, 0.5) is 0 Å². The first-order chi connectivity index (χ1) is 32.7. The van der Waals surface area contributed by atoms with E-state index in [1.165, 1.54) is 132 Å². The summed E-state index contributed by atoms with van der Waals surface area (Å²) in [6.07, 6.45) is 0. The maximum atomic E-state index is 2.33. The van der Waals surface area contributed by atoms with Crippen LogP contribution in [-0.2, 0) is 68.3 Å². The minimum absolute atomic E-state index is 0. The van der Waals surface area contributed by atoms with Crippen LogP contribution in [0.2, 0.25) is 26.2 Å². The largest absolute Gasteiger partial charge is 1.00 e. The van der Waals surface area contributed by atoms with Gasteiger partial charge in [0, 0.05) is 0 Å². The van der Waals surface area contributed by atoms with Crippen LogP contribution < -0.4 is 24.8 Å². The van der Waals surface area contributed by atoms with Gasteiger partial charge in [-0.3, -0.25) is 0 Å². The fourth-order valence-electron chi connectivity index (χ4n) is 9.84. The van der Waals surface area contributed by atoms with Crippen molar-refractivity contribution in [1.29, 1.82) is 0 Å². The van der Waals surface area contributed by atoms with Crippen LogP contribution >= 0.6 is 0 Å². The van der Waals surface area contributed by atoms with E-state index in [2.05, 4.69) is 265 Å². The molecular weight excluding hydrogens is 1130 g/mol. The molecule has 74 heavy (non-hydrogen) atoms. The second kappa shape index (κ2) is 27.8. The number of hydrogen-bond acceptors (Lipinski definition) is 0. The van der Waals surface area contributed by atoms with Crippen LogP contribution in [0, 0.1) is 83.1 Å². The maximum absolute atomic E-state index is 2.33. The Balaban J connectivity index is 0.000000466. The van der Waals surface area contributed by atoms with E-state index in [-0.39, 0.29) is 57.3 Å². The van der Waals surface area contributed by atoms with E-state index in [1.807, 2.05) is 0 Å². The number of benzene rings is 4. The number of hydrogen-bond donors (Lipinski definition) is 0. The van der Waals surface area contributed by atoms with Gasteiger partial charge >= 0.3 is 83.7 Å². The van der Waals surface area contributed by atoms with Gasteiger partial charge < -0.3 is 24.8 Å².